The van der Waals surface area contributed by atoms with E-state index in [0.29, 0.717) is 24.4 Å². The van der Waals surface area contributed by atoms with Gasteiger partial charge in [0.1, 0.15) is 12.3 Å². The van der Waals surface area contributed by atoms with Gasteiger partial charge in [0.15, 0.2) is 6.61 Å². The lowest BCUT2D eigenvalue weighted by Gasteiger charge is -2.28. The van der Waals surface area contributed by atoms with Crippen LogP contribution in [0.4, 0.5) is 5.69 Å². The van der Waals surface area contributed by atoms with Crippen LogP contribution in [0.2, 0.25) is 0 Å². The third kappa shape index (κ3) is 3.68. The largest absolute Gasteiger partial charge is 0.482 e. The molecule has 0 radical (unpaired) electrons. The maximum Gasteiger partial charge on any atom is 0.265 e. The molecular formula is C16H17N3O3S. The molecule has 7 heteroatoms. The zero-order chi connectivity index (χ0) is 16.2. The third-order valence-electron chi connectivity index (χ3n) is 3.48. The molecule has 0 unspecified atom stereocenters. The summed E-state index contributed by atoms with van der Waals surface area (Å²) in [4.78, 5) is 29.9. The molecule has 6 nitrogen and oxygen atoms in total. The Labute approximate surface area is 138 Å². The van der Waals surface area contributed by atoms with Gasteiger partial charge in [0.2, 0.25) is 5.91 Å². The first-order valence-corrected chi connectivity index (χ1v) is 8.21. The van der Waals surface area contributed by atoms with Gasteiger partial charge in [-0.3, -0.25) is 14.5 Å². The standard InChI is InChI=1S/C16H17N3O3S/c1-11-18-12(10-23-11)6-7-17-15(20)8-19-13-4-2-3-5-14(13)22-9-16(19)21/h2-5,10H,6-9H2,1H3,(H,17,20). The number of para-hydroxylation sites is 2. The summed E-state index contributed by atoms with van der Waals surface area (Å²) in [7, 11) is 0. The molecule has 1 aromatic heterocycles. The van der Waals surface area contributed by atoms with Crippen LogP contribution in [0.25, 0.3) is 0 Å². The Hall–Kier alpha value is -2.41. The number of amides is 2. The van der Waals surface area contributed by atoms with Gasteiger partial charge >= 0.3 is 0 Å². The summed E-state index contributed by atoms with van der Waals surface area (Å²) in [5, 5.41) is 5.83. The van der Waals surface area contributed by atoms with Crippen LogP contribution in [0.15, 0.2) is 29.6 Å². The van der Waals surface area contributed by atoms with E-state index in [1.165, 1.54) is 4.90 Å². The van der Waals surface area contributed by atoms with Crippen molar-refractivity contribution in [3.63, 3.8) is 0 Å². The third-order valence-corrected chi connectivity index (χ3v) is 4.30. The lowest BCUT2D eigenvalue weighted by molar-refractivity contribution is -0.125. The molecule has 1 aliphatic rings. The van der Waals surface area contributed by atoms with Crippen LogP contribution in [-0.2, 0) is 16.0 Å². The van der Waals surface area contributed by atoms with E-state index in [2.05, 4.69) is 10.3 Å². The molecule has 1 aromatic carbocycles. The van der Waals surface area contributed by atoms with Crippen molar-refractivity contribution < 1.29 is 14.3 Å². The number of rotatable bonds is 5. The van der Waals surface area contributed by atoms with Crippen molar-refractivity contribution in [1.82, 2.24) is 10.3 Å². The van der Waals surface area contributed by atoms with E-state index >= 15 is 0 Å². The van der Waals surface area contributed by atoms with E-state index in [0.717, 1.165) is 10.7 Å². The zero-order valence-corrected chi connectivity index (χ0v) is 13.6. The van der Waals surface area contributed by atoms with Gasteiger partial charge in [-0.2, -0.15) is 0 Å². The first kappa shape index (κ1) is 15.5. The summed E-state index contributed by atoms with van der Waals surface area (Å²) in [5.74, 6) is 0.217. The van der Waals surface area contributed by atoms with Crippen LogP contribution in [0.3, 0.4) is 0 Å². The van der Waals surface area contributed by atoms with Crippen LogP contribution in [0, 0.1) is 6.92 Å². The second-order valence-electron chi connectivity index (χ2n) is 5.19. The quantitative estimate of drug-likeness (QED) is 0.902. The number of benzene rings is 1. The molecule has 2 aromatic rings. The average molecular weight is 331 g/mol. The fourth-order valence-corrected chi connectivity index (χ4v) is 3.03. The number of carbonyl (C=O) groups excluding carboxylic acids is 2. The first-order valence-electron chi connectivity index (χ1n) is 7.33. The minimum atomic E-state index is -0.214. The van der Waals surface area contributed by atoms with Crippen molar-refractivity contribution in [1.29, 1.82) is 0 Å². The number of thiazole rings is 1. The highest BCUT2D eigenvalue weighted by atomic mass is 32.1. The molecule has 120 valence electrons. The monoisotopic (exact) mass is 331 g/mol. The number of aryl methyl sites for hydroxylation is 1. The average Bonchev–Trinajstić information content (AvgIpc) is 2.96. The van der Waals surface area contributed by atoms with E-state index in [4.69, 9.17) is 4.74 Å². The summed E-state index contributed by atoms with van der Waals surface area (Å²) in [6.45, 7) is 2.41. The Kier molecular flexibility index (Phi) is 4.57. The molecule has 0 saturated heterocycles. The number of aromatic nitrogens is 1. The van der Waals surface area contributed by atoms with Crippen LogP contribution in [0.1, 0.15) is 10.7 Å². The zero-order valence-electron chi connectivity index (χ0n) is 12.7. The molecule has 0 bridgehead atoms. The van der Waals surface area contributed by atoms with Gasteiger partial charge in [0, 0.05) is 18.3 Å². The van der Waals surface area contributed by atoms with Crippen molar-refractivity contribution in [2.24, 2.45) is 0 Å². The highest BCUT2D eigenvalue weighted by molar-refractivity contribution is 7.09. The summed E-state index contributed by atoms with van der Waals surface area (Å²) in [6, 6.07) is 7.22. The molecule has 0 saturated carbocycles. The Morgan fingerprint density at radius 1 is 1.43 bits per heavy atom. The Bertz CT molecular complexity index is 729. The van der Waals surface area contributed by atoms with Crippen molar-refractivity contribution in [3.8, 4) is 5.75 Å². The molecule has 1 aliphatic heterocycles. The van der Waals surface area contributed by atoms with Crippen molar-refractivity contribution >= 4 is 28.8 Å². The fourth-order valence-electron chi connectivity index (χ4n) is 2.38. The van der Waals surface area contributed by atoms with Gasteiger partial charge in [-0.25, -0.2) is 4.98 Å². The van der Waals surface area contributed by atoms with Crippen LogP contribution >= 0.6 is 11.3 Å². The van der Waals surface area contributed by atoms with Crippen molar-refractivity contribution in [2.45, 2.75) is 13.3 Å². The van der Waals surface area contributed by atoms with E-state index in [-0.39, 0.29) is 25.0 Å². The molecule has 2 heterocycles. The second-order valence-corrected chi connectivity index (χ2v) is 6.26. The Morgan fingerprint density at radius 3 is 3.04 bits per heavy atom. The van der Waals surface area contributed by atoms with Crippen LogP contribution < -0.4 is 15.0 Å². The lowest BCUT2D eigenvalue weighted by atomic mass is 10.2. The number of anilines is 1. The molecule has 0 aliphatic carbocycles. The Morgan fingerprint density at radius 2 is 2.26 bits per heavy atom. The van der Waals surface area contributed by atoms with E-state index < -0.39 is 0 Å². The maximum atomic E-state index is 12.1. The van der Waals surface area contributed by atoms with Crippen molar-refractivity contribution in [2.75, 3.05) is 24.6 Å². The topological polar surface area (TPSA) is 71.5 Å². The molecule has 3 rings (SSSR count). The van der Waals surface area contributed by atoms with Gasteiger partial charge in [0.25, 0.3) is 5.91 Å². The molecule has 0 fully saturated rings. The number of nitrogens with one attached hydrogen (secondary N) is 1. The lowest BCUT2D eigenvalue weighted by Crippen LogP contribution is -2.45. The summed E-state index contributed by atoms with van der Waals surface area (Å²) >= 11 is 1.59. The predicted molar refractivity (Wildman–Crippen MR) is 87.9 cm³/mol. The molecule has 0 spiro atoms. The summed E-state index contributed by atoms with van der Waals surface area (Å²) < 4.78 is 5.36. The Balaban J connectivity index is 1.56. The normalized spacial score (nSPS) is 13.4. The second kappa shape index (κ2) is 6.78. The minimum absolute atomic E-state index is 0.00466. The summed E-state index contributed by atoms with van der Waals surface area (Å²) in [6.07, 6.45) is 0.684. The molecule has 0 atom stereocenters. The number of carbonyl (C=O) groups is 2. The maximum absolute atomic E-state index is 12.1. The number of nitrogens with zero attached hydrogens (tertiary/aromatic N) is 2. The van der Waals surface area contributed by atoms with Gasteiger partial charge < -0.3 is 10.1 Å². The number of hydrogen-bond donors (Lipinski definition) is 1. The van der Waals surface area contributed by atoms with Crippen LogP contribution in [-0.4, -0.2) is 36.5 Å². The minimum Gasteiger partial charge on any atom is -0.482 e. The van der Waals surface area contributed by atoms with Gasteiger partial charge in [-0.15, -0.1) is 11.3 Å². The number of hydrogen-bond acceptors (Lipinski definition) is 5. The van der Waals surface area contributed by atoms with Crippen molar-refractivity contribution in [3.05, 3.63) is 40.3 Å². The molecule has 2 amide bonds. The van der Waals surface area contributed by atoms with E-state index in [1.54, 1.807) is 23.5 Å². The number of fused-ring (bicyclic) bond motifs is 1. The highest BCUT2D eigenvalue weighted by Crippen LogP contribution is 2.31. The van der Waals surface area contributed by atoms with Gasteiger partial charge in [-0.1, -0.05) is 12.1 Å². The highest BCUT2D eigenvalue weighted by Gasteiger charge is 2.26. The molecule has 1 N–H and O–H groups in total. The van der Waals surface area contributed by atoms with E-state index in [9.17, 15) is 9.59 Å². The SMILES string of the molecule is Cc1nc(CCNC(=O)CN2C(=O)COc3ccccc32)cs1. The molecule has 23 heavy (non-hydrogen) atoms. The smallest absolute Gasteiger partial charge is 0.265 e. The molecular weight excluding hydrogens is 314 g/mol. The van der Waals surface area contributed by atoms with E-state index in [1.807, 2.05) is 24.4 Å². The first-order chi connectivity index (χ1) is 11.1. The fraction of sp³-hybridized carbons (Fsp3) is 0.312. The van der Waals surface area contributed by atoms with Crippen LogP contribution in [0.5, 0.6) is 5.75 Å². The summed E-state index contributed by atoms with van der Waals surface area (Å²) in [5.41, 5.74) is 1.61. The van der Waals surface area contributed by atoms with Gasteiger partial charge in [0.05, 0.1) is 16.4 Å². The van der Waals surface area contributed by atoms with Gasteiger partial charge in [-0.05, 0) is 19.1 Å². The predicted octanol–water partition coefficient (Wildman–Crippen LogP) is 1.54. The number of ether oxygens (including phenoxy) is 1.